The van der Waals surface area contributed by atoms with Gasteiger partial charge in [-0.15, -0.1) is 10.2 Å². The number of para-hydroxylation sites is 1. The lowest BCUT2D eigenvalue weighted by Gasteiger charge is -2.12. The summed E-state index contributed by atoms with van der Waals surface area (Å²) in [4.78, 5) is 38.7. The third kappa shape index (κ3) is 3.28. The largest absolute Gasteiger partial charge is 0.451 e. The van der Waals surface area contributed by atoms with Crippen molar-refractivity contribution in [2.45, 2.75) is 13.3 Å². The first-order chi connectivity index (χ1) is 15.0. The van der Waals surface area contributed by atoms with Crippen LogP contribution in [0.5, 0.6) is 0 Å². The van der Waals surface area contributed by atoms with E-state index in [0.717, 1.165) is 10.9 Å². The summed E-state index contributed by atoms with van der Waals surface area (Å²) in [6.07, 6.45) is 0.350. The van der Waals surface area contributed by atoms with Crippen LogP contribution in [-0.2, 0) is 6.42 Å². The number of anilines is 1. The number of nitrogens with zero attached hydrogens (tertiary/aromatic N) is 3. The Labute approximate surface area is 180 Å². The van der Waals surface area contributed by atoms with Gasteiger partial charge in [0.25, 0.3) is 17.7 Å². The molecule has 2 aromatic carbocycles. The van der Waals surface area contributed by atoms with Gasteiger partial charge in [-0.25, -0.2) is 0 Å². The van der Waals surface area contributed by atoms with Crippen molar-refractivity contribution in [3.05, 3.63) is 76.0 Å². The maximum atomic E-state index is 12.6. The molecule has 1 aliphatic rings. The second-order valence-electron chi connectivity index (χ2n) is 7.06. The number of nitrogens with one attached hydrogen (secondary N) is 1. The predicted molar refractivity (Wildman–Crippen MR) is 114 cm³/mol. The number of aryl methyl sites for hydroxylation is 1. The van der Waals surface area contributed by atoms with E-state index in [1.165, 1.54) is 16.2 Å². The smallest absolute Gasteiger partial charge is 0.293 e. The Hall–Kier alpha value is -3.85. The maximum absolute atomic E-state index is 12.6. The molecule has 31 heavy (non-hydrogen) atoms. The number of hydrogen-bond acceptors (Lipinski definition) is 7. The second kappa shape index (κ2) is 7.44. The molecule has 3 heterocycles. The Morgan fingerprint density at radius 3 is 2.42 bits per heavy atom. The topological polar surface area (TPSA) is 105 Å². The Morgan fingerprint density at radius 1 is 1.03 bits per heavy atom. The van der Waals surface area contributed by atoms with Gasteiger partial charge in [-0.1, -0.05) is 41.7 Å². The van der Waals surface area contributed by atoms with Gasteiger partial charge in [0.1, 0.15) is 10.6 Å². The number of aromatic nitrogens is 2. The van der Waals surface area contributed by atoms with E-state index in [4.69, 9.17) is 4.42 Å². The van der Waals surface area contributed by atoms with Crippen molar-refractivity contribution in [3.8, 4) is 0 Å². The van der Waals surface area contributed by atoms with Crippen LogP contribution in [0.15, 0.2) is 52.9 Å². The average molecular weight is 432 g/mol. The molecule has 0 bridgehead atoms. The number of furan rings is 1. The first-order valence-corrected chi connectivity index (χ1v) is 10.4. The lowest BCUT2D eigenvalue weighted by Crippen LogP contribution is -2.31. The van der Waals surface area contributed by atoms with Gasteiger partial charge in [-0.2, -0.15) is 0 Å². The first kappa shape index (κ1) is 19.1. The van der Waals surface area contributed by atoms with Crippen LogP contribution in [0.1, 0.15) is 41.8 Å². The van der Waals surface area contributed by atoms with Crippen molar-refractivity contribution in [1.29, 1.82) is 0 Å². The van der Waals surface area contributed by atoms with Crippen LogP contribution in [0.3, 0.4) is 0 Å². The molecular weight excluding hydrogens is 416 g/mol. The van der Waals surface area contributed by atoms with Crippen molar-refractivity contribution in [1.82, 2.24) is 15.1 Å². The number of amides is 3. The maximum Gasteiger partial charge on any atom is 0.293 e. The lowest BCUT2D eigenvalue weighted by atomic mass is 10.1. The van der Waals surface area contributed by atoms with Crippen LogP contribution in [0.4, 0.5) is 5.13 Å². The van der Waals surface area contributed by atoms with E-state index in [9.17, 15) is 14.4 Å². The average Bonchev–Trinajstić information content (AvgIpc) is 3.43. The molecule has 0 spiro atoms. The Bertz CT molecular complexity index is 1320. The van der Waals surface area contributed by atoms with Crippen molar-refractivity contribution >= 4 is 45.2 Å². The second-order valence-corrected chi connectivity index (χ2v) is 8.13. The summed E-state index contributed by atoms with van der Waals surface area (Å²) in [6, 6.07) is 14.2. The fourth-order valence-electron chi connectivity index (χ4n) is 3.60. The molecule has 2 aromatic heterocycles. The molecule has 8 nitrogen and oxygen atoms in total. The molecule has 1 N–H and O–H groups in total. The molecule has 4 aromatic rings. The van der Waals surface area contributed by atoms with Gasteiger partial charge in [0, 0.05) is 23.9 Å². The zero-order valence-electron chi connectivity index (χ0n) is 16.4. The van der Waals surface area contributed by atoms with Crippen LogP contribution in [0.2, 0.25) is 0 Å². The summed E-state index contributed by atoms with van der Waals surface area (Å²) in [5, 5.41) is 12.6. The molecule has 1 aliphatic heterocycles. The normalized spacial score (nSPS) is 13.1. The van der Waals surface area contributed by atoms with Gasteiger partial charge in [-0.3, -0.25) is 24.6 Å². The zero-order chi connectivity index (χ0) is 21.5. The third-order valence-corrected chi connectivity index (χ3v) is 6.06. The highest BCUT2D eigenvalue weighted by molar-refractivity contribution is 7.15. The zero-order valence-corrected chi connectivity index (χ0v) is 17.2. The number of carbonyl (C=O) groups is 3. The van der Waals surface area contributed by atoms with Crippen LogP contribution in [0, 0.1) is 6.92 Å². The van der Waals surface area contributed by atoms with E-state index < -0.39 is 5.91 Å². The van der Waals surface area contributed by atoms with E-state index in [1.54, 1.807) is 30.3 Å². The Kier molecular flexibility index (Phi) is 4.59. The van der Waals surface area contributed by atoms with Gasteiger partial charge >= 0.3 is 0 Å². The molecule has 0 radical (unpaired) electrons. The fraction of sp³-hybridized carbons (Fsp3) is 0.136. The summed E-state index contributed by atoms with van der Waals surface area (Å²) >= 11 is 1.19. The van der Waals surface area contributed by atoms with Crippen molar-refractivity contribution in [2.24, 2.45) is 0 Å². The van der Waals surface area contributed by atoms with E-state index in [-0.39, 0.29) is 24.1 Å². The van der Waals surface area contributed by atoms with Gasteiger partial charge in [0.2, 0.25) is 5.13 Å². The summed E-state index contributed by atoms with van der Waals surface area (Å²) in [5.74, 6) is -0.793. The minimum Gasteiger partial charge on any atom is -0.451 e. The van der Waals surface area contributed by atoms with Gasteiger partial charge in [0.15, 0.2) is 5.76 Å². The SMILES string of the molecule is Cc1c(C(=O)Nc2nnc(CCN3C(=O)c4ccccc4C3=O)s2)oc2ccccc12. The molecule has 154 valence electrons. The highest BCUT2D eigenvalue weighted by atomic mass is 32.1. The predicted octanol–water partition coefficient (Wildman–Crippen LogP) is 3.68. The van der Waals surface area contributed by atoms with Crippen LogP contribution >= 0.6 is 11.3 Å². The first-order valence-electron chi connectivity index (χ1n) is 9.60. The molecule has 0 aliphatic carbocycles. The molecule has 9 heteroatoms. The van der Waals surface area contributed by atoms with Crippen LogP contribution in [0.25, 0.3) is 11.0 Å². The molecule has 0 unspecified atom stereocenters. The number of carbonyl (C=O) groups excluding carboxylic acids is 3. The van der Waals surface area contributed by atoms with Crippen molar-refractivity contribution in [3.63, 3.8) is 0 Å². The molecule has 0 saturated heterocycles. The molecule has 3 amide bonds. The molecule has 5 rings (SSSR count). The third-order valence-electron chi connectivity index (χ3n) is 5.16. The number of imide groups is 1. The number of hydrogen-bond donors (Lipinski definition) is 1. The van der Waals surface area contributed by atoms with E-state index in [1.807, 2.05) is 25.1 Å². The summed E-state index contributed by atoms with van der Waals surface area (Å²) in [6.45, 7) is 2.02. The molecule has 0 atom stereocenters. The minimum atomic E-state index is -0.406. The monoisotopic (exact) mass is 432 g/mol. The Morgan fingerprint density at radius 2 is 1.71 bits per heavy atom. The van der Waals surface area contributed by atoms with E-state index >= 15 is 0 Å². The molecular formula is C22H16N4O4S. The van der Waals surface area contributed by atoms with Crippen LogP contribution in [-0.4, -0.2) is 39.4 Å². The van der Waals surface area contributed by atoms with E-state index in [0.29, 0.717) is 33.3 Å². The number of rotatable bonds is 5. The highest BCUT2D eigenvalue weighted by Gasteiger charge is 2.34. The van der Waals surface area contributed by atoms with Gasteiger partial charge in [-0.05, 0) is 25.1 Å². The molecule has 0 fully saturated rings. The number of fused-ring (bicyclic) bond motifs is 2. The fourth-order valence-corrected chi connectivity index (χ4v) is 4.32. The quantitative estimate of drug-likeness (QED) is 0.482. The lowest BCUT2D eigenvalue weighted by molar-refractivity contribution is 0.0655. The van der Waals surface area contributed by atoms with Crippen molar-refractivity contribution in [2.75, 3.05) is 11.9 Å². The Balaban J connectivity index is 1.25. The summed E-state index contributed by atoms with van der Waals surface area (Å²) in [7, 11) is 0. The minimum absolute atomic E-state index is 0.192. The van der Waals surface area contributed by atoms with E-state index in [2.05, 4.69) is 15.5 Å². The summed E-state index contributed by atoms with van der Waals surface area (Å²) in [5.41, 5.74) is 2.23. The van der Waals surface area contributed by atoms with Crippen LogP contribution < -0.4 is 5.32 Å². The highest BCUT2D eigenvalue weighted by Crippen LogP contribution is 2.27. The standard InChI is InChI=1S/C22H16N4O4S/c1-12-13-6-4-5-9-16(13)30-18(12)19(27)23-22-25-24-17(31-22)10-11-26-20(28)14-7-2-3-8-15(14)21(26)29/h2-9H,10-11H2,1H3,(H,23,25,27). The van der Waals surface area contributed by atoms with Gasteiger partial charge in [0.05, 0.1) is 11.1 Å². The van der Waals surface area contributed by atoms with Gasteiger partial charge < -0.3 is 4.42 Å². The summed E-state index contributed by atoms with van der Waals surface area (Å²) < 4.78 is 5.67. The number of benzene rings is 2. The molecule has 0 saturated carbocycles. The van der Waals surface area contributed by atoms with Crippen molar-refractivity contribution < 1.29 is 18.8 Å².